The molecule has 0 aromatic rings. The SMILES string of the molecule is C1COC2(C1)COC1(CCNCC1)OC2. The van der Waals surface area contributed by atoms with E-state index in [0.29, 0.717) is 13.2 Å². The van der Waals surface area contributed by atoms with Crippen molar-refractivity contribution < 1.29 is 14.2 Å². The van der Waals surface area contributed by atoms with Crippen molar-refractivity contribution in [2.24, 2.45) is 0 Å². The van der Waals surface area contributed by atoms with E-state index < -0.39 is 0 Å². The molecule has 0 amide bonds. The van der Waals surface area contributed by atoms with Gasteiger partial charge >= 0.3 is 0 Å². The molecule has 3 aliphatic rings. The number of hydrogen-bond acceptors (Lipinski definition) is 4. The van der Waals surface area contributed by atoms with Crippen molar-refractivity contribution in [1.29, 1.82) is 0 Å². The van der Waals surface area contributed by atoms with Crippen molar-refractivity contribution in [3.8, 4) is 0 Å². The van der Waals surface area contributed by atoms with E-state index in [4.69, 9.17) is 14.2 Å². The van der Waals surface area contributed by atoms with Gasteiger partial charge < -0.3 is 19.5 Å². The van der Waals surface area contributed by atoms with Gasteiger partial charge in [-0.05, 0) is 12.8 Å². The molecule has 3 rings (SSSR count). The molecule has 0 radical (unpaired) electrons. The first-order chi connectivity index (χ1) is 7.33. The van der Waals surface area contributed by atoms with Crippen LogP contribution in [0.2, 0.25) is 0 Å². The lowest BCUT2D eigenvalue weighted by Gasteiger charge is -2.46. The molecule has 0 unspecified atom stereocenters. The van der Waals surface area contributed by atoms with Gasteiger partial charge in [0.1, 0.15) is 5.60 Å². The Hall–Kier alpha value is -0.160. The number of rotatable bonds is 0. The zero-order chi connectivity index (χ0) is 10.2. The maximum Gasteiger partial charge on any atom is 0.170 e. The van der Waals surface area contributed by atoms with Crippen LogP contribution in [0.25, 0.3) is 0 Å². The minimum absolute atomic E-state index is 0.115. The highest BCUT2D eigenvalue weighted by Gasteiger charge is 2.47. The van der Waals surface area contributed by atoms with Crippen LogP contribution in [0.4, 0.5) is 0 Å². The Morgan fingerprint density at radius 3 is 2.20 bits per heavy atom. The molecule has 3 aliphatic heterocycles. The molecule has 86 valence electrons. The summed E-state index contributed by atoms with van der Waals surface area (Å²) in [6, 6.07) is 0. The van der Waals surface area contributed by atoms with Crippen LogP contribution in [-0.4, -0.2) is 44.3 Å². The van der Waals surface area contributed by atoms with Crippen LogP contribution in [-0.2, 0) is 14.2 Å². The normalized spacial score (nSPS) is 33.6. The van der Waals surface area contributed by atoms with E-state index in [9.17, 15) is 0 Å². The number of piperidine rings is 1. The second-order valence-electron chi connectivity index (χ2n) is 4.87. The standard InChI is InChI=1S/C11H19NO3/c1-2-10(13-7-1)8-14-11(15-9-10)3-5-12-6-4-11/h12H,1-9H2. The second kappa shape index (κ2) is 3.70. The third kappa shape index (κ3) is 1.80. The summed E-state index contributed by atoms with van der Waals surface area (Å²) >= 11 is 0. The van der Waals surface area contributed by atoms with Crippen molar-refractivity contribution in [2.75, 3.05) is 32.9 Å². The largest absolute Gasteiger partial charge is 0.370 e. The predicted molar refractivity (Wildman–Crippen MR) is 54.7 cm³/mol. The van der Waals surface area contributed by atoms with Gasteiger partial charge in [0.15, 0.2) is 5.79 Å². The Morgan fingerprint density at radius 2 is 1.60 bits per heavy atom. The predicted octanol–water partition coefficient (Wildman–Crippen LogP) is 0.662. The molecule has 3 heterocycles. The van der Waals surface area contributed by atoms with Gasteiger partial charge in [-0.1, -0.05) is 0 Å². The number of hydrogen-bond donors (Lipinski definition) is 1. The lowest BCUT2D eigenvalue weighted by molar-refractivity contribution is -0.325. The van der Waals surface area contributed by atoms with Crippen molar-refractivity contribution >= 4 is 0 Å². The molecule has 3 saturated heterocycles. The van der Waals surface area contributed by atoms with E-state index >= 15 is 0 Å². The van der Waals surface area contributed by atoms with E-state index in [1.807, 2.05) is 0 Å². The van der Waals surface area contributed by atoms with Crippen LogP contribution >= 0.6 is 0 Å². The fourth-order valence-corrected chi connectivity index (χ4v) is 2.69. The summed E-state index contributed by atoms with van der Waals surface area (Å²) in [6.45, 7) is 4.28. The third-order valence-electron chi connectivity index (χ3n) is 3.75. The number of ether oxygens (including phenoxy) is 3. The molecule has 0 aromatic carbocycles. The van der Waals surface area contributed by atoms with Gasteiger partial charge in [-0.15, -0.1) is 0 Å². The summed E-state index contributed by atoms with van der Waals surface area (Å²) < 4.78 is 17.7. The van der Waals surface area contributed by atoms with Crippen LogP contribution in [0, 0.1) is 0 Å². The van der Waals surface area contributed by atoms with Crippen molar-refractivity contribution in [3.05, 3.63) is 0 Å². The quantitative estimate of drug-likeness (QED) is 0.642. The van der Waals surface area contributed by atoms with Crippen LogP contribution in [0.3, 0.4) is 0 Å². The second-order valence-corrected chi connectivity index (χ2v) is 4.87. The van der Waals surface area contributed by atoms with Gasteiger partial charge in [-0.3, -0.25) is 0 Å². The van der Waals surface area contributed by atoms with Crippen LogP contribution < -0.4 is 5.32 Å². The fraction of sp³-hybridized carbons (Fsp3) is 1.00. The van der Waals surface area contributed by atoms with Gasteiger partial charge in [-0.25, -0.2) is 0 Å². The van der Waals surface area contributed by atoms with E-state index in [2.05, 4.69) is 5.32 Å². The highest BCUT2D eigenvalue weighted by Crippen LogP contribution is 2.37. The van der Waals surface area contributed by atoms with Gasteiger partial charge in [-0.2, -0.15) is 0 Å². The molecular formula is C11H19NO3. The minimum Gasteiger partial charge on any atom is -0.370 e. The van der Waals surface area contributed by atoms with Gasteiger partial charge in [0.2, 0.25) is 0 Å². The molecule has 4 heteroatoms. The topological polar surface area (TPSA) is 39.7 Å². The first-order valence-corrected chi connectivity index (χ1v) is 5.95. The molecule has 0 aromatic heterocycles. The minimum atomic E-state index is -0.303. The van der Waals surface area contributed by atoms with E-state index in [1.54, 1.807) is 0 Å². The molecule has 0 aliphatic carbocycles. The first kappa shape index (κ1) is 10.0. The molecular weight excluding hydrogens is 194 g/mol. The van der Waals surface area contributed by atoms with Gasteiger partial charge in [0, 0.05) is 32.5 Å². The molecule has 15 heavy (non-hydrogen) atoms. The van der Waals surface area contributed by atoms with Crippen molar-refractivity contribution in [1.82, 2.24) is 5.32 Å². The zero-order valence-electron chi connectivity index (χ0n) is 9.09. The molecule has 1 N–H and O–H groups in total. The first-order valence-electron chi connectivity index (χ1n) is 5.95. The molecule has 3 fully saturated rings. The van der Waals surface area contributed by atoms with E-state index in [0.717, 1.165) is 45.4 Å². The summed E-state index contributed by atoms with van der Waals surface area (Å²) in [4.78, 5) is 0. The monoisotopic (exact) mass is 213 g/mol. The average molecular weight is 213 g/mol. The van der Waals surface area contributed by atoms with Crippen LogP contribution in [0.5, 0.6) is 0 Å². The summed E-state index contributed by atoms with van der Waals surface area (Å²) in [5.41, 5.74) is -0.115. The van der Waals surface area contributed by atoms with Gasteiger partial charge in [0.05, 0.1) is 13.2 Å². The number of nitrogens with one attached hydrogen (secondary N) is 1. The summed E-state index contributed by atoms with van der Waals surface area (Å²) in [7, 11) is 0. The van der Waals surface area contributed by atoms with Crippen molar-refractivity contribution in [2.45, 2.75) is 37.1 Å². The van der Waals surface area contributed by atoms with Crippen LogP contribution in [0.1, 0.15) is 25.7 Å². The van der Waals surface area contributed by atoms with Crippen molar-refractivity contribution in [3.63, 3.8) is 0 Å². The summed E-state index contributed by atoms with van der Waals surface area (Å²) in [5, 5.41) is 3.33. The lowest BCUT2D eigenvalue weighted by atomic mass is 9.98. The smallest absolute Gasteiger partial charge is 0.170 e. The Bertz CT molecular complexity index is 220. The highest BCUT2D eigenvalue weighted by molar-refractivity contribution is 4.91. The maximum absolute atomic E-state index is 5.96. The molecule has 2 spiro atoms. The third-order valence-corrected chi connectivity index (χ3v) is 3.75. The van der Waals surface area contributed by atoms with E-state index in [1.165, 1.54) is 0 Å². The average Bonchev–Trinajstić information content (AvgIpc) is 2.74. The maximum atomic E-state index is 5.96. The zero-order valence-corrected chi connectivity index (χ0v) is 9.09. The van der Waals surface area contributed by atoms with E-state index in [-0.39, 0.29) is 11.4 Å². The molecule has 0 bridgehead atoms. The fourth-order valence-electron chi connectivity index (χ4n) is 2.69. The summed E-state index contributed by atoms with van der Waals surface area (Å²) in [6.07, 6.45) is 4.15. The highest BCUT2D eigenvalue weighted by atomic mass is 16.7. The Morgan fingerprint density at radius 1 is 0.867 bits per heavy atom. The Labute approximate surface area is 90.3 Å². The molecule has 0 saturated carbocycles. The van der Waals surface area contributed by atoms with Crippen LogP contribution in [0.15, 0.2) is 0 Å². The summed E-state index contributed by atoms with van der Waals surface area (Å²) in [5.74, 6) is -0.303. The Kier molecular flexibility index (Phi) is 2.47. The Balaban J connectivity index is 1.63. The molecule has 0 atom stereocenters. The van der Waals surface area contributed by atoms with Gasteiger partial charge in [0.25, 0.3) is 0 Å². The lowest BCUT2D eigenvalue weighted by Crippen LogP contribution is -2.56. The molecule has 4 nitrogen and oxygen atoms in total.